The van der Waals surface area contributed by atoms with Gasteiger partial charge in [-0.1, -0.05) is 29.8 Å². The minimum absolute atomic E-state index is 0. The largest absolute Gasteiger partial charge is 0.383 e. The fourth-order valence-corrected chi connectivity index (χ4v) is 2.20. The summed E-state index contributed by atoms with van der Waals surface area (Å²) in [6.07, 6.45) is 0. The molecular formula is C18H33IN4O. The number of methoxy groups -OCH3 is 1. The molecule has 0 bridgehead atoms. The Balaban J connectivity index is 0.00000529. The molecule has 24 heavy (non-hydrogen) atoms. The SMILES string of the molecule is CCNC(=NCCN(C)CCOC)N(C)Cc1ccc(C)cc1.I. The van der Waals surface area contributed by atoms with Gasteiger partial charge in [-0.05, 0) is 26.5 Å². The number of hydrogen-bond donors (Lipinski definition) is 1. The summed E-state index contributed by atoms with van der Waals surface area (Å²) in [6.45, 7) is 9.33. The molecule has 1 aromatic rings. The van der Waals surface area contributed by atoms with Crippen LogP contribution >= 0.6 is 24.0 Å². The summed E-state index contributed by atoms with van der Waals surface area (Å²) in [5.41, 5.74) is 2.58. The number of rotatable bonds is 9. The van der Waals surface area contributed by atoms with Crippen molar-refractivity contribution < 1.29 is 4.74 Å². The van der Waals surface area contributed by atoms with Gasteiger partial charge in [-0.2, -0.15) is 0 Å². The highest BCUT2D eigenvalue weighted by molar-refractivity contribution is 14.0. The van der Waals surface area contributed by atoms with Crippen molar-refractivity contribution in [2.24, 2.45) is 4.99 Å². The molecule has 0 saturated carbocycles. The third kappa shape index (κ3) is 9.44. The molecule has 0 unspecified atom stereocenters. The second kappa shape index (κ2) is 13.4. The van der Waals surface area contributed by atoms with E-state index >= 15 is 0 Å². The van der Waals surface area contributed by atoms with Crippen molar-refractivity contribution in [3.63, 3.8) is 0 Å². The van der Waals surface area contributed by atoms with Gasteiger partial charge in [-0.3, -0.25) is 4.99 Å². The Morgan fingerprint density at radius 1 is 1.17 bits per heavy atom. The lowest BCUT2D eigenvalue weighted by Crippen LogP contribution is -2.39. The zero-order chi connectivity index (χ0) is 17.1. The predicted octanol–water partition coefficient (Wildman–Crippen LogP) is 2.59. The number of aryl methyl sites for hydroxylation is 1. The van der Waals surface area contributed by atoms with E-state index in [-0.39, 0.29) is 24.0 Å². The van der Waals surface area contributed by atoms with Gasteiger partial charge in [0.25, 0.3) is 0 Å². The Hall–Kier alpha value is -0.860. The van der Waals surface area contributed by atoms with Crippen LogP contribution in [0.4, 0.5) is 0 Å². The summed E-state index contributed by atoms with van der Waals surface area (Å²) in [6, 6.07) is 8.65. The first-order valence-electron chi connectivity index (χ1n) is 8.29. The van der Waals surface area contributed by atoms with Crippen molar-refractivity contribution in [1.29, 1.82) is 0 Å². The zero-order valence-electron chi connectivity index (χ0n) is 15.7. The lowest BCUT2D eigenvalue weighted by atomic mass is 10.1. The van der Waals surface area contributed by atoms with Gasteiger partial charge in [0, 0.05) is 40.3 Å². The number of aliphatic imine (C=N–C) groups is 1. The van der Waals surface area contributed by atoms with Crippen LogP contribution in [0, 0.1) is 6.92 Å². The van der Waals surface area contributed by atoms with E-state index in [9.17, 15) is 0 Å². The number of benzene rings is 1. The number of ether oxygens (including phenoxy) is 1. The minimum Gasteiger partial charge on any atom is -0.383 e. The van der Waals surface area contributed by atoms with Crippen LogP contribution in [0.15, 0.2) is 29.3 Å². The van der Waals surface area contributed by atoms with Crippen molar-refractivity contribution in [3.8, 4) is 0 Å². The van der Waals surface area contributed by atoms with E-state index < -0.39 is 0 Å². The van der Waals surface area contributed by atoms with Crippen molar-refractivity contribution >= 4 is 29.9 Å². The first kappa shape index (κ1) is 23.1. The van der Waals surface area contributed by atoms with Crippen LogP contribution in [-0.2, 0) is 11.3 Å². The Morgan fingerprint density at radius 2 is 1.83 bits per heavy atom. The van der Waals surface area contributed by atoms with Crippen LogP contribution in [-0.4, -0.2) is 69.8 Å². The molecule has 0 radical (unpaired) electrons. The Kier molecular flexibility index (Phi) is 13.0. The van der Waals surface area contributed by atoms with E-state index in [1.807, 2.05) is 0 Å². The third-order valence-corrected chi connectivity index (χ3v) is 3.66. The zero-order valence-corrected chi connectivity index (χ0v) is 18.0. The van der Waals surface area contributed by atoms with E-state index in [0.717, 1.165) is 45.3 Å². The van der Waals surface area contributed by atoms with E-state index in [0.29, 0.717) is 0 Å². The maximum absolute atomic E-state index is 5.09. The molecule has 0 amide bonds. The van der Waals surface area contributed by atoms with Crippen molar-refractivity contribution in [2.45, 2.75) is 20.4 Å². The summed E-state index contributed by atoms with van der Waals surface area (Å²) in [5, 5.41) is 3.36. The fraction of sp³-hybridized carbons (Fsp3) is 0.611. The highest BCUT2D eigenvalue weighted by atomic mass is 127. The second-order valence-corrected chi connectivity index (χ2v) is 5.87. The van der Waals surface area contributed by atoms with Gasteiger partial charge in [0.05, 0.1) is 13.2 Å². The first-order valence-corrected chi connectivity index (χ1v) is 8.29. The summed E-state index contributed by atoms with van der Waals surface area (Å²) in [5.74, 6) is 0.952. The maximum atomic E-state index is 5.09. The average molecular weight is 448 g/mol. The monoisotopic (exact) mass is 448 g/mol. The second-order valence-electron chi connectivity index (χ2n) is 5.87. The molecule has 0 fully saturated rings. The van der Waals surface area contributed by atoms with Crippen LogP contribution < -0.4 is 5.32 Å². The molecule has 0 aromatic heterocycles. The molecule has 138 valence electrons. The summed E-state index contributed by atoms with van der Waals surface area (Å²) >= 11 is 0. The first-order chi connectivity index (χ1) is 11.1. The molecule has 1 rings (SSSR count). The van der Waals surface area contributed by atoms with Gasteiger partial charge in [-0.15, -0.1) is 24.0 Å². The van der Waals surface area contributed by atoms with Gasteiger partial charge in [0.15, 0.2) is 5.96 Å². The molecular weight excluding hydrogens is 415 g/mol. The molecule has 0 aliphatic heterocycles. The van der Waals surface area contributed by atoms with Crippen molar-refractivity contribution in [3.05, 3.63) is 35.4 Å². The molecule has 5 nitrogen and oxygen atoms in total. The van der Waals surface area contributed by atoms with Crippen LogP contribution in [0.2, 0.25) is 0 Å². The summed E-state index contributed by atoms with van der Waals surface area (Å²) < 4.78 is 5.09. The Labute approximate surface area is 164 Å². The minimum atomic E-state index is 0. The molecule has 0 aliphatic rings. The van der Waals surface area contributed by atoms with Gasteiger partial charge in [0.1, 0.15) is 0 Å². The van der Waals surface area contributed by atoms with Crippen molar-refractivity contribution in [2.75, 3.05) is 54.0 Å². The molecule has 6 heteroatoms. The molecule has 0 saturated heterocycles. The van der Waals surface area contributed by atoms with E-state index in [1.54, 1.807) is 7.11 Å². The smallest absolute Gasteiger partial charge is 0.194 e. The van der Waals surface area contributed by atoms with E-state index in [2.05, 4.69) is 67.3 Å². The quantitative estimate of drug-likeness (QED) is 0.358. The normalized spacial score (nSPS) is 11.3. The number of guanidine groups is 1. The molecule has 0 aliphatic carbocycles. The van der Waals surface area contributed by atoms with Gasteiger partial charge in [0.2, 0.25) is 0 Å². The molecule has 0 heterocycles. The van der Waals surface area contributed by atoms with E-state index in [4.69, 9.17) is 9.73 Å². The van der Waals surface area contributed by atoms with Gasteiger partial charge >= 0.3 is 0 Å². The predicted molar refractivity (Wildman–Crippen MR) is 113 cm³/mol. The topological polar surface area (TPSA) is 40.1 Å². The van der Waals surface area contributed by atoms with Crippen LogP contribution in [0.1, 0.15) is 18.1 Å². The number of halogens is 1. The van der Waals surface area contributed by atoms with Gasteiger partial charge in [-0.25, -0.2) is 0 Å². The Bertz CT molecular complexity index is 465. The average Bonchev–Trinajstić information content (AvgIpc) is 2.54. The van der Waals surface area contributed by atoms with Crippen LogP contribution in [0.25, 0.3) is 0 Å². The van der Waals surface area contributed by atoms with Crippen LogP contribution in [0.3, 0.4) is 0 Å². The van der Waals surface area contributed by atoms with Crippen LogP contribution in [0.5, 0.6) is 0 Å². The number of nitrogens with zero attached hydrogens (tertiary/aromatic N) is 3. The van der Waals surface area contributed by atoms with Crippen molar-refractivity contribution in [1.82, 2.24) is 15.1 Å². The highest BCUT2D eigenvalue weighted by Gasteiger charge is 2.06. The fourth-order valence-electron chi connectivity index (χ4n) is 2.20. The lowest BCUT2D eigenvalue weighted by Gasteiger charge is -2.23. The maximum Gasteiger partial charge on any atom is 0.194 e. The number of nitrogens with one attached hydrogen (secondary N) is 1. The number of hydrogen-bond acceptors (Lipinski definition) is 3. The lowest BCUT2D eigenvalue weighted by molar-refractivity contribution is 0.163. The highest BCUT2D eigenvalue weighted by Crippen LogP contribution is 2.06. The molecule has 1 aromatic carbocycles. The number of likely N-dealkylation sites (N-methyl/N-ethyl adjacent to an activating group) is 1. The summed E-state index contributed by atoms with van der Waals surface area (Å²) in [7, 11) is 5.91. The molecule has 1 N–H and O–H groups in total. The Morgan fingerprint density at radius 3 is 2.42 bits per heavy atom. The third-order valence-electron chi connectivity index (χ3n) is 3.66. The molecule has 0 spiro atoms. The molecule has 0 atom stereocenters. The van der Waals surface area contributed by atoms with E-state index in [1.165, 1.54) is 11.1 Å². The standard InChI is InChI=1S/C18H32N4O.HI/c1-6-19-18(20-11-12-21(3)13-14-23-5)22(4)15-17-9-7-16(2)8-10-17;/h7-10H,6,11-15H2,1-5H3,(H,19,20);1H. The van der Waals surface area contributed by atoms with Gasteiger partial charge < -0.3 is 19.9 Å². The summed E-state index contributed by atoms with van der Waals surface area (Å²) in [4.78, 5) is 9.13.